The minimum absolute atomic E-state index is 0.215. The lowest BCUT2D eigenvalue weighted by molar-refractivity contribution is 0.0561. The Morgan fingerprint density at radius 1 is 1.11 bits per heavy atom. The predicted octanol–water partition coefficient (Wildman–Crippen LogP) is 4.15. The molecule has 0 heterocycles. The van der Waals surface area contributed by atoms with Gasteiger partial charge in [0.15, 0.2) is 0 Å². The normalized spacial score (nSPS) is 23.9. The zero-order valence-electron chi connectivity index (χ0n) is 11.4. The summed E-state index contributed by atoms with van der Waals surface area (Å²) in [5.74, 6) is 2.21. The minimum atomic E-state index is -0.215. The van der Waals surface area contributed by atoms with E-state index in [-0.39, 0.29) is 11.4 Å². The van der Waals surface area contributed by atoms with Gasteiger partial charge in [0.25, 0.3) is 0 Å². The van der Waals surface area contributed by atoms with Crippen molar-refractivity contribution in [3.63, 3.8) is 0 Å². The van der Waals surface area contributed by atoms with Gasteiger partial charge < -0.3 is 9.84 Å². The van der Waals surface area contributed by atoms with E-state index in [0.29, 0.717) is 11.8 Å². The summed E-state index contributed by atoms with van der Waals surface area (Å²) in [6, 6.07) is 6.94. The maximum Gasteiger partial charge on any atom is 0.120 e. The largest absolute Gasteiger partial charge is 0.508 e. The van der Waals surface area contributed by atoms with Gasteiger partial charge in [0.05, 0.1) is 0 Å². The van der Waals surface area contributed by atoms with E-state index in [0.717, 1.165) is 5.75 Å². The van der Waals surface area contributed by atoms with Gasteiger partial charge >= 0.3 is 0 Å². The van der Waals surface area contributed by atoms with Crippen LogP contribution in [-0.2, 0) is 0 Å². The molecule has 98 valence electrons. The number of phenols is 1. The van der Waals surface area contributed by atoms with Crippen LogP contribution < -0.4 is 4.74 Å². The van der Waals surface area contributed by atoms with Gasteiger partial charge in [0.1, 0.15) is 17.1 Å². The van der Waals surface area contributed by atoms with Crippen LogP contribution >= 0.6 is 0 Å². The third-order valence-corrected chi connectivity index (χ3v) is 3.72. The van der Waals surface area contributed by atoms with Gasteiger partial charge in [-0.2, -0.15) is 0 Å². The average Bonchev–Trinajstić information content (AvgIpc) is 2.32. The quantitative estimate of drug-likeness (QED) is 0.812. The van der Waals surface area contributed by atoms with Gasteiger partial charge in [-0.05, 0) is 56.9 Å². The Morgan fingerprint density at radius 2 is 1.78 bits per heavy atom. The molecule has 0 saturated carbocycles. The molecule has 1 aromatic carbocycles. The van der Waals surface area contributed by atoms with Crippen molar-refractivity contribution in [2.45, 2.75) is 39.2 Å². The number of hydrogen-bond acceptors (Lipinski definition) is 2. The molecule has 2 nitrogen and oxygen atoms in total. The molecule has 2 atom stereocenters. The first-order valence-electron chi connectivity index (χ1n) is 6.64. The molecule has 0 fully saturated rings. The Labute approximate surface area is 109 Å². The highest BCUT2D eigenvalue weighted by molar-refractivity contribution is 5.30. The highest BCUT2D eigenvalue weighted by Gasteiger charge is 2.31. The summed E-state index contributed by atoms with van der Waals surface area (Å²) in [7, 11) is 0. The minimum Gasteiger partial charge on any atom is -0.508 e. The molecule has 2 heteroatoms. The summed E-state index contributed by atoms with van der Waals surface area (Å²) in [5.41, 5.74) is -0.215. The predicted molar refractivity (Wildman–Crippen MR) is 73.8 cm³/mol. The fourth-order valence-corrected chi connectivity index (χ4v) is 2.43. The second-order valence-corrected chi connectivity index (χ2v) is 5.75. The van der Waals surface area contributed by atoms with Gasteiger partial charge in [-0.15, -0.1) is 0 Å². The molecule has 1 aliphatic rings. The maximum absolute atomic E-state index is 9.27. The molecule has 18 heavy (non-hydrogen) atoms. The Bertz CT molecular complexity index is 417. The van der Waals surface area contributed by atoms with Crippen molar-refractivity contribution in [2.75, 3.05) is 0 Å². The van der Waals surface area contributed by atoms with Crippen LogP contribution in [0.3, 0.4) is 0 Å². The van der Waals surface area contributed by atoms with E-state index in [9.17, 15) is 5.11 Å². The average molecular weight is 246 g/mol. The monoisotopic (exact) mass is 246 g/mol. The lowest BCUT2D eigenvalue weighted by atomic mass is 9.80. The number of rotatable bonds is 3. The number of hydrogen-bond donors (Lipinski definition) is 1. The Hall–Kier alpha value is -1.44. The van der Waals surface area contributed by atoms with Crippen LogP contribution in [0.15, 0.2) is 36.4 Å². The topological polar surface area (TPSA) is 29.5 Å². The fourth-order valence-electron chi connectivity index (χ4n) is 2.43. The molecule has 0 unspecified atom stereocenters. The van der Waals surface area contributed by atoms with Crippen molar-refractivity contribution in [1.82, 2.24) is 0 Å². The van der Waals surface area contributed by atoms with Gasteiger partial charge in [-0.1, -0.05) is 19.1 Å². The SMILES string of the molecule is C[C@H]1C=C[C@@H](C(C)(C)Oc2ccc(O)cc2)CC1. The van der Waals surface area contributed by atoms with Crippen LogP contribution in [0.1, 0.15) is 33.6 Å². The molecule has 1 aromatic rings. The molecule has 0 bridgehead atoms. The lowest BCUT2D eigenvalue weighted by Gasteiger charge is -2.35. The Morgan fingerprint density at radius 3 is 2.33 bits per heavy atom. The van der Waals surface area contributed by atoms with Crippen LogP contribution in [0, 0.1) is 11.8 Å². The second kappa shape index (κ2) is 5.05. The molecule has 0 aromatic heterocycles. The van der Waals surface area contributed by atoms with E-state index in [1.807, 2.05) is 12.1 Å². The fraction of sp³-hybridized carbons (Fsp3) is 0.500. The lowest BCUT2D eigenvalue weighted by Crippen LogP contribution is -2.37. The molecular weight excluding hydrogens is 224 g/mol. The van der Waals surface area contributed by atoms with E-state index < -0.39 is 0 Å². The zero-order chi connectivity index (χ0) is 13.2. The molecule has 1 aliphatic carbocycles. The van der Waals surface area contributed by atoms with Gasteiger partial charge in [0, 0.05) is 5.92 Å². The third-order valence-electron chi connectivity index (χ3n) is 3.72. The van der Waals surface area contributed by atoms with Crippen LogP contribution in [0.25, 0.3) is 0 Å². The highest BCUT2D eigenvalue weighted by Crippen LogP contribution is 2.33. The van der Waals surface area contributed by atoms with Gasteiger partial charge in [0.2, 0.25) is 0 Å². The van der Waals surface area contributed by atoms with Crippen molar-refractivity contribution >= 4 is 0 Å². The molecule has 0 saturated heterocycles. The second-order valence-electron chi connectivity index (χ2n) is 5.75. The Balaban J connectivity index is 2.07. The van der Waals surface area contributed by atoms with E-state index in [2.05, 4.69) is 32.9 Å². The Kier molecular flexibility index (Phi) is 3.65. The number of allylic oxidation sites excluding steroid dienone is 1. The number of aromatic hydroxyl groups is 1. The number of benzene rings is 1. The van der Waals surface area contributed by atoms with Crippen LogP contribution in [0.4, 0.5) is 0 Å². The molecule has 1 N–H and O–H groups in total. The first-order valence-corrected chi connectivity index (χ1v) is 6.64. The molecule has 0 aliphatic heterocycles. The maximum atomic E-state index is 9.27. The summed E-state index contributed by atoms with van der Waals surface area (Å²) in [6.07, 6.45) is 6.97. The summed E-state index contributed by atoms with van der Waals surface area (Å²) < 4.78 is 6.07. The van der Waals surface area contributed by atoms with E-state index in [1.165, 1.54) is 12.8 Å². The van der Waals surface area contributed by atoms with Crippen LogP contribution in [0.2, 0.25) is 0 Å². The van der Waals surface area contributed by atoms with E-state index in [4.69, 9.17) is 4.74 Å². The van der Waals surface area contributed by atoms with Crippen molar-refractivity contribution in [3.8, 4) is 11.5 Å². The molecule has 0 amide bonds. The molecule has 2 rings (SSSR count). The molecule has 0 radical (unpaired) electrons. The summed E-state index contributed by atoms with van der Waals surface area (Å²) in [4.78, 5) is 0. The van der Waals surface area contributed by atoms with Crippen LogP contribution in [-0.4, -0.2) is 10.7 Å². The van der Waals surface area contributed by atoms with Crippen molar-refractivity contribution in [1.29, 1.82) is 0 Å². The smallest absolute Gasteiger partial charge is 0.120 e. The zero-order valence-corrected chi connectivity index (χ0v) is 11.4. The summed E-state index contributed by atoms with van der Waals surface area (Å²) in [5, 5.41) is 9.27. The standard InChI is InChI=1S/C16H22O2/c1-12-4-6-13(7-5-12)16(2,3)18-15-10-8-14(17)9-11-15/h4,6,8-13,17H,5,7H2,1-3H3/t12-,13+/m0/s1. The van der Waals surface area contributed by atoms with Crippen molar-refractivity contribution in [2.24, 2.45) is 11.8 Å². The summed E-state index contributed by atoms with van der Waals surface area (Å²) in [6.45, 7) is 6.51. The summed E-state index contributed by atoms with van der Waals surface area (Å²) >= 11 is 0. The number of ether oxygens (including phenoxy) is 1. The number of phenolic OH excluding ortho intramolecular Hbond substituents is 1. The van der Waals surface area contributed by atoms with Crippen LogP contribution in [0.5, 0.6) is 11.5 Å². The first-order chi connectivity index (χ1) is 8.47. The van der Waals surface area contributed by atoms with E-state index in [1.54, 1.807) is 12.1 Å². The molecular formula is C16H22O2. The van der Waals surface area contributed by atoms with Crippen molar-refractivity contribution < 1.29 is 9.84 Å². The third kappa shape index (κ3) is 3.06. The van der Waals surface area contributed by atoms with Gasteiger partial charge in [-0.3, -0.25) is 0 Å². The van der Waals surface area contributed by atoms with Gasteiger partial charge in [-0.25, -0.2) is 0 Å². The van der Waals surface area contributed by atoms with Crippen molar-refractivity contribution in [3.05, 3.63) is 36.4 Å². The first kappa shape index (κ1) is 13.0. The van der Waals surface area contributed by atoms with E-state index >= 15 is 0 Å². The molecule has 0 spiro atoms. The highest BCUT2D eigenvalue weighted by atomic mass is 16.5.